The maximum atomic E-state index is 12.6. The predicted molar refractivity (Wildman–Crippen MR) is 75.4 cm³/mol. The van der Waals surface area contributed by atoms with Crippen LogP contribution in [0, 0.1) is 0 Å². The standard InChI is InChI=1S/C11H14BrClN2O2S/c1-8-7-14-5-6-15(8)18(16,17)10-4-2-3-9(12)11(10)13/h2-4,8,14H,5-7H2,1H3/t8-/m1/s1. The molecule has 4 nitrogen and oxygen atoms in total. The van der Waals surface area contributed by atoms with Crippen molar-refractivity contribution in [2.45, 2.75) is 17.9 Å². The minimum Gasteiger partial charge on any atom is -0.314 e. The van der Waals surface area contributed by atoms with Gasteiger partial charge in [-0.05, 0) is 35.0 Å². The van der Waals surface area contributed by atoms with Gasteiger partial charge in [-0.15, -0.1) is 0 Å². The fraction of sp³-hybridized carbons (Fsp3) is 0.455. The fourth-order valence-corrected chi connectivity index (χ4v) is 4.62. The summed E-state index contributed by atoms with van der Waals surface area (Å²) in [7, 11) is -3.53. The molecule has 0 aromatic heterocycles. The van der Waals surface area contributed by atoms with Crippen LogP contribution in [0.3, 0.4) is 0 Å². The highest BCUT2D eigenvalue weighted by atomic mass is 79.9. The van der Waals surface area contributed by atoms with Gasteiger partial charge in [0.2, 0.25) is 10.0 Å². The second kappa shape index (κ2) is 5.46. The highest BCUT2D eigenvalue weighted by molar-refractivity contribution is 9.10. The SMILES string of the molecule is C[C@@H]1CNCCN1S(=O)(=O)c1cccc(Br)c1Cl. The molecular formula is C11H14BrClN2O2S. The zero-order valence-corrected chi connectivity index (χ0v) is 13.0. The third-order valence-corrected chi connectivity index (χ3v) is 6.41. The van der Waals surface area contributed by atoms with Crippen LogP contribution in [0.4, 0.5) is 0 Å². The Hall–Kier alpha value is -0.140. The number of hydrogen-bond donors (Lipinski definition) is 1. The fourth-order valence-electron chi connectivity index (χ4n) is 1.99. The Bertz CT molecular complexity index is 550. The molecule has 7 heteroatoms. The van der Waals surface area contributed by atoms with Gasteiger partial charge in [0, 0.05) is 30.1 Å². The number of hydrogen-bond acceptors (Lipinski definition) is 3. The molecule has 0 aliphatic carbocycles. The topological polar surface area (TPSA) is 49.4 Å². The van der Waals surface area contributed by atoms with Gasteiger partial charge in [0.15, 0.2) is 0 Å². The summed E-state index contributed by atoms with van der Waals surface area (Å²) < 4.78 is 27.2. The van der Waals surface area contributed by atoms with Crippen molar-refractivity contribution >= 4 is 37.6 Å². The Balaban J connectivity index is 2.44. The van der Waals surface area contributed by atoms with Gasteiger partial charge in [-0.1, -0.05) is 17.7 Å². The van der Waals surface area contributed by atoms with Crippen LogP contribution in [0.15, 0.2) is 27.6 Å². The van der Waals surface area contributed by atoms with Gasteiger partial charge in [0.25, 0.3) is 0 Å². The van der Waals surface area contributed by atoms with E-state index in [0.717, 1.165) is 0 Å². The Morgan fingerprint density at radius 3 is 2.89 bits per heavy atom. The molecule has 0 unspecified atom stereocenters. The van der Waals surface area contributed by atoms with Crippen molar-refractivity contribution in [3.05, 3.63) is 27.7 Å². The van der Waals surface area contributed by atoms with E-state index in [2.05, 4.69) is 21.2 Å². The first-order chi connectivity index (χ1) is 8.44. The molecule has 18 heavy (non-hydrogen) atoms. The van der Waals surface area contributed by atoms with E-state index in [1.165, 1.54) is 10.4 Å². The van der Waals surface area contributed by atoms with E-state index in [0.29, 0.717) is 24.1 Å². The van der Waals surface area contributed by atoms with Gasteiger partial charge in [0.05, 0.1) is 5.02 Å². The van der Waals surface area contributed by atoms with Crippen molar-refractivity contribution < 1.29 is 8.42 Å². The molecule has 1 N–H and O–H groups in total. The van der Waals surface area contributed by atoms with Crippen molar-refractivity contribution in [1.29, 1.82) is 0 Å². The molecule has 100 valence electrons. The highest BCUT2D eigenvalue weighted by Gasteiger charge is 2.32. The lowest BCUT2D eigenvalue weighted by atomic mass is 10.3. The molecule has 1 aromatic rings. The summed E-state index contributed by atoms with van der Waals surface area (Å²) in [5.74, 6) is 0. The third kappa shape index (κ3) is 2.58. The zero-order valence-electron chi connectivity index (χ0n) is 9.86. The first kappa shape index (κ1) is 14.3. The van der Waals surface area contributed by atoms with Crippen LogP contribution in [0.5, 0.6) is 0 Å². The molecule has 1 fully saturated rings. The van der Waals surface area contributed by atoms with Gasteiger partial charge in [-0.25, -0.2) is 8.42 Å². The molecule has 1 aliphatic rings. The predicted octanol–water partition coefficient (Wildman–Crippen LogP) is 2.08. The molecule has 0 radical (unpaired) electrons. The number of piperazine rings is 1. The van der Waals surface area contributed by atoms with E-state index < -0.39 is 10.0 Å². The van der Waals surface area contributed by atoms with Crippen LogP contribution in [0.1, 0.15) is 6.92 Å². The molecule has 1 heterocycles. The van der Waals surface area contributed by atoms with Crippen LogP contribution in [-0.2, 0) is 10.0 Å². The average Bonchev–Trinajstić information content (AvgIpc) is 2.32. The van der Waals surface area contributed by atoms with E-state index in [1.807, 2.05) is 6.92 Å². The Labute approximate surface area is 120 Å². The van der Waals surface area contributed by atoms with E-state index in [9.17, 15) is 8.42 Å². The van der Waals surface area contributed by atoms with Gasteiger partial charge in [-0.2, -0.15) is 4.31 Å². The lowest BCUT2D eigenvalue weighted by Gasteiger charge is -2.33. The Morgan fingerprint density at radius 1 is 1.50 bits per heavy atom. The summed E-state index contributed by atoms with van der Waals surface area (Å²) in [6, 6.07) is 4.87. The number of halogens is 2. The number of nitrogens with zero attached hydrogens (tertiary/aromatic N) is 1. The average molecular weight is 354 g/mol. The summed E-state index contributed by atoms with van der Waals surface area (Å²) >= 11 is 9.33. The molecule has 1 aliphatic heterocycles. The summed E-state index contributed by atoms with van der Waals surface area (Å²) in [4.78, 5) is 0.160. The minimum atomic E-state index is -3.53. The van der Waals surface area contributed by atoms with Gasteiger partial charge < -0.3 is 5.32 Å². The molecule has 2 rings (SSSR count). The molecule has 1 atom stereocenters. The smallest absolute Gasteiger partial charge is 0.244 e. The van der Waals surface area contributed by atoms with Crippen molar-refractivity contribution in [3.8, 4) is 0 Å². The van der Waals surface area contributed by atoms with Gasteiger partial charge >= 0.3 is 0 Å². The van der Waals surface area contributed by atoms with Crippen LogP contribution in [0.2, 0.25) is 5.02 Å². The van der Waals surface area contributed by atoms with Crippen LogP contribution in [0.25, 0.3) is 0 Å². The molecule has 0 spiro atoms. The van der Waals surface area contributed by atoms with Crippen molar-refractivity contribution in [2.75, 3.05) is 19.6 Å². The molecule has 1 aromatic carbocycles. The van der Waals surface area contributed by atoms with Crippen molar-refractivity contribution in [2.24, 2.45) is 0 Å². The first-order valence-corrected chi connectivity index (χ1v) is 8.22. The Morgan fingerprint density at radius 2 is 2.22 bits per heavy atom. The van der Waals surface area contributed by atoms with Gasteiger partial charge in [0.1, 0.15) is 4.90 Å². The number of rotatable bonds is 2. The maximum Gasteiger partial charge on any atom is 0.244 e. The van der Waals surface area contributed by atoms with E-state index in [4.69, 9.17) is 11.6 Å². The lowest BCUT2D eigenvalue weighted by Crippen LogP contribution is -2.52. The molecule has 1 saturated heterocycles. The second-order valence-corrected chi connectivity index (χ2v) is 7.31. The molecular weight excluding hydrogens is 340 g/mol. The number of nitrogens with one attached hydrogen (secondary N) is 1. The second-order valence-electron chi connectivity index (χ2n) is 4.22. The molecule has 0 bridgehead atoms. The molecule has 0 saturated carbocycles. The lowest BCUT2D eigenvalue weighted by molar-refractivity contribution is 0.284. The highest BCUT2D eigenvalue weighted by Crippen LogP contribution is 2.31. The number of sulfonamides is 1. The largest absolute Gasteiger partial charge is 0.314 e. The van der Waals surface area contributed by atoms with Crippen LogP contribution in [-0.4, -0.2) is 38.4 Å². The molecule has 0 amide bonds. The Kier molecular flexibility index (Phi) is 4.33. The zero-order chi connectivity index (χ0) is 13.3. The summed E-state index contributed by atoms with van der Waals surface area (Å²) in [6.45, 7) is 3.67. The van der Waals surface area contributed by atoms with Crippen molar-refractivity contribution in [1.82, 2.24) is 9.62 Å². The first-order valence-electron chi connectivity index (χ1n) is 5.61. The monoisotopic (exact) mass is 352 g/mol. The van der Waals surface area contributed by atoms with Crippen LogP contribution < -0.4 is 5.32 Å². The summed E-state index contributed by atoms with van der Waals surface area (Å²) in [5.41, 5.74) is 0. The van der Waals surface area contributed by atoms with E-state index in [1.54, 1.807) is 12.1 Å². The summed E-state index contributed by atoms with van der Waals surface area (Å²) in [6.07, 6.45) is 0. The number of benzene rings is 1. The van der Waals surface area contributed by atoms with E-state index in [-0.39, 0.29) is 16.0 Å². The van der Waals surface area contributed by atoms with Gasteiger partial charge in [-0.3, -0.25) is 0 Å². The van der Waals surface area contributed by atoms with Crippen molar-refractivity contribution in [3.63, 3.8) is 0 Å². The van der Waals surface area contributed by atoms with Crippen LogP contribution >= 0.6 is 27.5 Å². The quantitative estimate of drug-likeness (QED) is 0.885. The summed E-state index contributed by atoms with van der Waals surface area (Å²) in [5, 5.41) is 3.40. The maximum absolute atomic E-state index is 12.6. The minimum absolute atomic E-state index is 0.0706. The van der Waals surface area contributed by atoms with E-state index >= 15 is 0 Å². The normalized spacial score (nSPS) is 22.1. The third-order valence-electron chi connectivity index (χ3n) is 2.94.